The van der Waals surface area contributed by atoms with Crippen LogP contribution in [0.4, 0.5) is 15.5 Å². The first-order chi connectivity index (χ1) is 19.9. The van der Waals surface area contributed by atoms with Crippen molar-refractivity contribution in [1.82, 2.24) is 20.2 Å². The van der Waals surface area contributed by atoms with E-state index >= 15 is 0 Å². The van der Waals surface area contributed by atoms with Crippen LogP contribution in [0, 0.1) is 0 Å². The SMILES string of the molecule is NC(=O)c1c(NC(=O)Nc2ccc(Cl)cc2)sc2c1CCN(CCCNC(=O)CCc1cnc3ccccc3n1)C2. The molecule has 4 amide bonds. The van der Waals surface area contributed by atoms with E-state index in [0.29, 0.717) is 53.6 Å². The summed E-state index contributed by atoms with van der Waals surface area (Å²) in [6.07, 6.45) is 4.06. The number of aryl methyl sites for hydroxylation is 1. The molecule has 0 bridgehead atoms. The van der Waals surface area contributed by atoms with E-state index in [1.807, 2.05) is 24.3 Å². The third kappa shape index (κ3) is 7.37. The number of carbonyl (C=O) groups is 3. The van der Waals surface area contributed by atoms with Gasteiger partial charge in [0, 0.05) is 54.4 Å². The molecule has 0 fully saturated rings. The summed E-state index contributed by atoms with van der Waals surface area (Å²) < 4.78 is 0. The number of rotatable bonds is 10. The second kappa shape index (κ2) is 13.1. The fourth-order valence-corrected chi connectivity index (χ4v) is 6.19. The maximum atomic E-state index is 12.6. The lowest BCUT2D eigenvalue weighted by Gasteiger charge is -2.27. The van der Waals surface area contributed by atoms with Gasteiger partial charge in [0.2, 0.25) is 5.91 Å². The maximum Gasteiger partial charge on any atom is 0.324 e. The number of fused-ring (bicyclic) bond motifs is 2. The largest absolute Gasteiger partial charge is 0.365 e. The van der Waals surface area contributed by atoms with Gasteiger partial charge in [0.05, 0.1) is 22.3 Å². The zero-order chi connectivity index (χ0) is 28.8. The molecule has 2 aromatic heterocycles. The number of benzene rings is 2. The summed E-state index contributed by atoms with van der Waals surface area (Å²) in [5, 5.41) is 9.52. The molecule has 5 rings (SSSR count). The number of anilines is 2. The summed E-state index contributed by atoms with van der Waals surface area (Å²) >= 11 is 7.27. The zero-order valence-corrected chi connectivity index (χ0v) is 23.9. The number of amides is 4. The Bertz CT molecular complexity index is 1570. The molecule has 212 valence electrons. The zero-order valence-electron chi connectivity index (χ0n) is 22.3. The molecular formula is C29H30ClN7O3S. The van der Waals surface area contributed by atoms with E-state index in [1.54, 1.807) is 30.5 Å². The van der Waals surface area contributed by atoms with Crippen LogP contribution in [0.1, 0.15) is 39.3 Å². The van der Waals surface area contributed by atoms with Gasteiger partial charge in [-0.25, -0.2) is 9.78 Å². The minimum atomic E-state index is -0.560. The number of nitrogens with one attached hydrogen (secondary N) is 3. The summed E-state index contributed by atoms with van der Waals surface area (Å²) in [7, 11) is 0. The summed E-state index contributed by atoms with van der Waals surface area (Å²) in [5.41, 5.74) is 10.0. The molecule has 0 aliphatic carbocycles. The number of hydrogen-bond donors (Lipinski definition) is 4. The average molecular weight is 592 g/mol. The minimum Gasteiger partial charge on any atom is -0.365 e. The molecule has 12 heteroatoms. The van der Waals surface area contributed by atoms with Gasteiger partial charge >= 0.3 is 6.03 Å². The molecule has 0 saturated heterocycles. The van der Waals surface area contributed by atoms with E-state index in [-0.39, 0.29) is 5.91 Å². The number of urea groups is 1. The monoisotopic (exact) mass is 591 g/mol. The number of nitrogens with two attached hydrogens (primary N) is 1. The molecule has 10 nitrogen and oxygen atoms in total. The molecule has 41 heavy (non-hydrogen) atoms. The van der Waals surface area contributed by atoms with Gasteiger partial charge in [0.1, 0.15) is 5.00 Å². The normalized spacial score (nSPS) is 13.0. The number of para-hydroxylation sites is 2. The van der Waals surface area contributed by atoms with Gasteiger partial charge in [-0.05, 0) is 61.2 Å². The van der Waals surface area contributed by atoms with Crippen molar-refractivity contribution in [2.75, 3.05) is 30.3 Å². The smallest absolute Gasteiger partial charge is 0.324 e. The highest BCUT2D eigenvalue weighted by atomic mass is 35.5. The number of hydrogen-bond acceptors (Lipinski definition) is 7. The molecular weight excluding hydrogens is 562 g/mol. The number of carbonyl (C=O) groups excluding carboxylic acids is 3. The lowest BCUT2D eigenvalue weighted by molar-refractivity contribution is -0.121. The van der Waals surface area contributed by atoms with Gasteiger partial charge in [0.15, 0.2) is 0 Å². The van der Waals surface area contributed by atoms with Crippen molar-refractivity contribution in [3.8, 4) is 0 Å². The lowest BCUT2D eigenvalue weighted by Crippen LogP contribution is -2.34. The van der Waals surface area contributed by atoms with Gasteiger partial charge in [-0.2, -0.15) is 0 Å². The van der Waals surface area contributed by atoms with Gasteiger partial charge < -0.3 is 16.4 Å². The second-order valence-electron chi connectivity index (χ2n) is 9.74. The van der Waals surface area contributed by atoms with Crippen LogP contribution in [-0.2, 0) is 24.2 Å². The van der Waals surface area contributed by atoms with E-state index in [4.69, 9.17) is 17.3 Å². The van der Waals surface area contributed by atoms with Crippen LogP contribution in [0.25, 0.3) is 11.0 Å². The van der Waals surface area contributed by atoms with Crippen LogP contribution in [0.15, 0.2) is 54.7 Å². The summed E-state index contributed by atoms with van der Waals surface area (Å²) in [6.45, 7) is 2.77. The average Bonchev–Trinajstić information content (AvgIpc) is 3.32. The highest BCUT2D eigenvalue weighted by Crippen LogP contribution is 2.37. The third-order valence-electron chi connectivity index (χ3n) is 6.79. The molecule has 1 aliphatic heterocycles. The standard InChI is InChI=1S/C29H30ClN7O3S/c30-18-6-8-19(9-7-18)35-29(40)36-28-26(27(31)39)21-12-15-37(17-24(21)41-28)14-3-13-32-25(38)11-10-20-16-33-22-4-1-2-5-23(22)34-20/h1-2,4-9,16H,3,10-15,17H2,(H2,31,39)(H,32,38)(H2,35,36,40). The topological polar surface area (TPSA) is 142 Å². The number of thiophene rings is 1. The van der Waals surface area contributed by atoms with Crippen LogP contribution in [0.2, 0.25) is 5.02 Å². The van der Waals surface area contributed by atoms with E-state index in [1.165, 1.54) is 11.3 Å². The molecule has 0 atom stereocenters. The Morgan fingerprint density at radius 1 is 1.05 bits per heavy atom. The Morgan fingerprint density at radius 2 is 1.83 bits per heavy atom. The number of primary amides is 1. The first-order valence-electron chi connectivity index (χ1n) is 13.3. The van der Waals surface area contributed by atoms with Crippen LogP contribution in [0.5, 0.6) is 0 Å². The number of halogens is 1. The molecule has 0 unspecified atom stereocenters. The van der Waals surface area contributed by atoms with E-state index in [0.717, 1.165) is 46.7 Å². The van der Waals surface area contributed by atoms with Crippen LogP contribution in [-0.4, -0.2) is 52.3 Å². The summed E-state index contributed by atoms with van der Waals surface area (Å²) in [5.74, 6) is -0.576. The molecule has 1 aliphatic rings. The minimum absolute atomic E-state index is 0.0159. The van der Waals surface area contributed by atoms with Crippen molar-refractivity contribution < 1.29 is 14.4 Å². The van der Waals surface area contributed by atoms with Crippen LogP contribution in [0.3, 0.4) is 0 Å². The van der Waals surface area contributed by atoms with Gasteiger partial charge in [-0.3, -0.25) is 24.8 Å². The van der Waals surface area contributed by atoms with Gasteiger partial charge in [-0.15, -0.1) is 11.3 Å². The van der Waals surface area contributed by atoms with Crippen LogP contribution >= 0.6 is 22.9 Å². The molecule has 5 N–H and O–H groups in total. The Kier molecular flexibility index (Phi) is 9.07. The molecule has 3 heterocycles. The number of nitrogens with zero attached hydrogens (tertiary/aromatic N) is 3. The summed E-state index contributed by atoms with van der Waals surface area (Å²) in [6, 6.07) is 13.9. The van der Waals surface area contributed by atoms with Gasteiger partial charge in [-0.1, -0.05) is 23.7 Å². The fourth-order valence-electron chi connectivity index (χ4n) is 4.77. The Labute approximate surface area is 246 Å². The quantitative estimate of drug-likeness (QED) is 0.199. The van der Waals surface area contributed by atoms with Crippen molar-refractivity contribution in [3.63, 3.8) is 0 Å². The Balaban J connectivity index is 1.08. The molecule has 4 aromatic rings. The van der Waals surface area contributed by atoms with E-state index in [2.05, 4.69) is 30.8 Å². The molecule has 0 saturated carbocycles. The fraction of sp³-hybridized carbons (Fsp3) is 0.276. The predicted octanol–water partition coefficient (Wildman–Crippen LogP) is 4.58. The molecule has 0 radical (unpaired) electrons. The van der Waals surface area contributed by atoms with Gasteiger partial charge in [0.25, 0.3) is 5.91 Å². The Morgan fingerprint density at radius 3 is 2.61 bits per heavy atom. The van der Waals surface area contributed by atoms with Crippen molar-refractivity contribution in [2.24, 2.45) is 5.73 Å². The maximum absolute atomic E-state index is 12.6. The van der Waals surface area contributed by atoms with E-state index < -0.39 is 11.9 Å². The predicted molar refractivity (Wildman–Crippen MR) is 161 cm³/mol. The third-order valence-corrected chi connectivity index (χ3v) is 8.18. The highest BCUT2D eigenvalue weighted by Gasteiger charge is 2.27. The van der Waals surface area contributed by atoms with Crippen molar-refractivity contribution in [2.45, 2.75) is 32.2 Å². The Hall–Kier alpha value is -4.06. The van der Waals surface area contributed by atoms with Crippen LogP contribution < -0.4 is 21.7 Å². The highest BCUT2D eigenvalue weighted by molar-refractivity contribution is 7.17. The molecule has 0 spiro atoms. The van der Waals surface area contributed by atoms with Crippen molar-refractivity contribution in [1.29, 1.82) is 0 Å². The van der Waals surface area contributed by atoms with Crippen molar-refractivity contribution in [3.05, 3.63) is 81.4 Å². The second-order valence-corrected chi connectivity index (χ2v) is 11.3. The first kappa shape index (κ1) is 28.5. The number of aromatic nitrogens is 2. The lowest BCUT2D eigenvalue weighted by atomic mass is 10.0. The van der Waals surface area contributed by atoms with E-state index in [9.17, 15) is 14.4 Å². The van der Waals surface area contributed by atoms with Crippen molar-refractivity contribution >= 4 is 62.5 Å². The molecule has 2 aromatic carbocycles. The summed E-state index contributed by atoms with van der Waals surface area (Å²) in [4.78, 5) is 49.5. The first-order valence-corrected chi connectivity index (χ1v) is 14.5.